The summed E-state index contributed by atoms with van der Waals surface area (Å²) in [5.74, 6) is -0.920. The number of carbonyl (C=O) groups excluding carboxylic acids is 1. The zero-order chi connectivity index (χ0) is 25.0. The second kappa shape index (κ2) is 8.44. The van der Waals surface area contributed by atoms with Gasteiger partial charge in [-0.3, -0.25) is 4.79 Å². The largest absolute Gasteiger partial charge is 0.497 e. The van der Waals surface area contributed by atoms with Gasteiger partial charge in [0.05, 0.1) is 45.8 Å². The van der Waals surface area contributed by atoms with Gasteiger partial charge in [0.15, 0.2) is 11.2 Å². The summed E-state index contributed by atoms with van der Waals surface area (Å²) in [6, 6.07) is 14.0. The molecule has 0 unspecified atom stereocenters. The average Bonchev–Trinajstić information content (AvgIpc) is 3.55. The Kier molecular flexibility index (Phi) is 5.66. The van der Waals surface area contributed by atoms with Gasteiger partial charge in [0.1, 0.15) is 29.1 Å². The normalized spacial score (nSPS) is 28.6. The van der Waals surface area contributed by atoms with Gasteiger partial charge < -0.3 is 33.9 Å². The number of thiophene rings is 1. The van der Waals surface area contributed by atoms with Gasteiger partial charge in [-0.1, -0.05) is 18.2 Å². The van der Waals surface area contributed by atoms with Crippen molar-refractivity contribution in [3.63, 3.8) is 0 Å². The van der Waals surface area contributed by atoms with E-state index in [1.807, 2.05) is 17.5 Å². The van der Waals surface area contributed by atoms with Crippen molar-refractivity contribution in [1.29, 1.82) is 0 Å². The van der Waals surface area contributed by atoms with Gasteiger partial charge in [-0.2, -0.15) is 0 Å². The average molecular weight is 499 g/mol. The smallest absolute Gasteiger partial charge is 0.312 e. The molecule has 5 rings (SSSR count). The standard InChI is InChI=1S/C26H26O8S/c1-30-15-9-7-14(8-10-15)26-22(19-6-5-11-35-19)20(24(28)33-4)23(27)25(26,29)21-17(32-3)12-16(31-2)13-18(21)34-26/h5-13,20,22-23,27,29H,1-4H3/t20-,22-,23-,25+,26+/m1/s1. The number of esters is 1. The van der Waals surface area contributed by atoms with Crippen LogP contribution in [0, 0.1) is 5.92 Å². The summed E-state index contributed by atoms with van der Waals surface area (Å²) >= 11 is 1.41. The van der Waals surface area contributed by atoms with E-state index in [4.69, 9.17) is 23.7 Å². The molecule has 35 heavy (non-hydrogen) atoms. The lowest BCUT2D eigenvalue weighted by molar-refractivity contribution is -0.161. The van der Waals surface area contributed by atoms with Crippen LogP contribution in [0.25, 0.3) is 0 Å². The minimum Gasteiger partial charge on any atom is -0.497 e. The Hall–Kier alpha value is -3.27. The molecule has 1 saturated carbocycles. The summed E-state index contributed by atoms with van der Waals surface area (Å²) in [6.45, 7) is 0. The highest BCUT2D eigenvalue weighted by molar-refractivity contribution is 7.10. The maximum absolute atomic E-state index is 13.1. The Morgan fingerprint density at radius 2 is 1.71 bits per heavy atom. The van der Waals surface area contributed by atoms with Crippen LogP contribution in [0.15, 0.2) is 53.9 Å². The Labute approximate surface area is 206 Å². The van der Waals surface area contributed by atoms with Crippen molar-refractivity contribution < 1.29 is 38.7 Å². The monoisotopic (exact) mass is 498 g/mol. The number of rotatable bonds is 6. The number of aliphatic hydroxyl groups is 2. The maximum atomic E-state index is 13.1. The summed E-state index contributed by atoms with van der Waals surface area (Å²) in [5, 5.41) is 26.3. The van der Waals surface area contributed by atoms with E-state index in [0.29, 0.717) is 22.8 Å². The van der Waals surface area contributed by atoms with E-state index < -0.39 is 35.1 Å². The van der Waals surface area contributed by atoms with E-state index in [-0.39, 0.29) is 11.3 Å². The number of hydrogen-bond donors (Lipinski definition) is 2. The Bertz CT molecular complexity index is 1240. The fraction of sp³-hybridized carbons (Fsp3) is 0.346. The number of fused-ring (bicyclic) bond motifs is 3. The van der Waals surface area contributed by atoms with Crippen molar-refractivity contribution in [2.75, 3.05) is 28.4 Å². The Morgan fingerprint density at radius 3 is 2.29 bits per heavy atom. The van der Waals surface area contributed by atoms with Crippen molar-refractivity contribution in [2.45, 2.75) is 23.2 Å². The van der Waals surface area contributed by atoms with Gasteiger partial charge >= 0.3 is 5.97 Å². The summed E-state index contributed by atoms with van der Waals surface area (Å²) in [5.41, 5.74) is -2.86. The fourth-order valence-electron chi connectivity index (χ4n) is 5.64. The van der Waals surface area contributed by atoms with E-state index in [9.17, 15) is 15.0 Å². The van der Waals surface area contributed by atoms with E-state index in [0.717, 1.165) is 4.88 Å². The van der Waals surface area contributed by atoms with Gasteiger partial charge in [0.25, 0.3) is 0 Å². The zero-order valence-corrected chi connectivity index (χ0v) is 20.5. The van der Waals surface area contributed by atoms with Crippen LogP contribution in [0.5, 0.6) is 23.0 Å². The molecule has 2 heterocycles. The zero-order valence-electron chi connectivity index (χ0n) is 19.7. The van der Waals surface area contributed by atoms with Gasteiger partial charge in [-0.05, 0) is 29.1 Å². The highest BCUT2D eigenvalue weighted by Crippen LogP contribution is 2.70. The third kappa shape index (κ3) is 3.01. The minimum absolute atomic E-state index is 0.247. The number of hydrogen-bond acceptors (Lipinski definition) is 9. The molecular formula is C26H26O8S. The van der Waals surface area contributed by atoms with Crippen LogP contribution >= 0.6 is 11.3 Å². The van der Waals surface area contributed by atoms with Crippen LogP contribution in [0.1, 0.15) is 21.9 Å². The quantitative estimate of drug-likeness (QED) is 0.500. The number of carbonyl (C=O) groups is 1. The number of aliphatic hydroxyl groups excluding tert-OH is 1. The molecule has 2 aromatic carbocycles. The summed E-state index contributed by atoms with van der Waals surface area (Å²) < 4.78 is 28.2. The highest BCUT2D eigenvalue weighted by atomic mass is 32.1. The molecule has 0 amide bonds. The van der Waals surface area contributed by atoms with Crippen LogP contribution in [-0.2, 0) is 20.7 Å². The summed E-state index contributed by atoms with van der Waals surface area (Å²) in [7, 11) is 5.80. The second-order valence-corrected chi connectivity index (χ2v) is 9.50. The lowest BCUT2D eigenvalue weighted by Gasteiger charge is -2.40. The van der Waals surface area contributed by atoms with Crippen LogP contribution in [0.2, 0.25) is 0 Å². The highest BCUT2D eigenvalue weighted by Gasteiger charge is 2.78. The minimum atomic E-state index is -2.07. The molecule has 9 heteroatoms. The molecule has 0 spiro atoms. The number of ether oxygens (including phenoxy) is 5. The van der Waals surface area contributed by atoms with Gasteiger partial charge in [-0.15, -0.1) is 11.3 Å². The van der Waals surface area contributed by atoms with E-state index >= 15 is 0 Å². The third-order valence-corrected chi connectivity index (χ3v) is 8.08. The topological polar surface area (TPSA) is 104 Å². The van der Waals surface area contributed by atoms with Crippen LogP contribution < -0.4 is 18.9 Å². The van der Waals surface area contributed by atoms with Crippen molar-refractivity contribution in [1.82, 2.24) is 0 Å². The fourth-order valence-corrected chi connectivity index (χ4v) is 6.58. The molecule has 3 aromatic rings. The lowest BCUT2D eigenvalue weighted by Crippen LogP contribution is -2.52. The first kappa shape index (κ1) is 23.5. The summed E-state index contributed by atoms with van der Waals surface area (Å²) in [4.78, 5) is 13.9. The van der Waals surface area contributed by atoms with Gasteiger partial charge in [-0.25, -0.2) is 0 Å². The first-order chi connectivity index (χ1) is 16.9. The van der Waals surface area contributed by atoms with E-state index in [1.165, 1.54) is 32.7 Å². The van der Waals surface area contributed by atoms with Crippen molar-refractivity contribution in [3.8, 4) is 23.0 Å². The molecule has 0 bridgehead atoms. The van der Waals surface area contributed by atoms with E-state index in [1.54, 1.807) is 43.5 Å². The molecule has 1 fully saturated rings. The first-order valence-corrected chi connectivity index (χ1v) is 11.9. The second-order valence-electron chi connectivity index (χ2n) is 8.52. The molecule has 1 aliphatic carbocycles. The van der Waals surface area contributed by atoms with Crippen LogP contribution in [0.3, 0.4) is 0 Å². The molecule has 184 valence electrons. The Balaban J connectivity index is 1.87. The van der Waals surface area contributed by atoms with Crippen LogP contribution in [0.4, 0.5) is 0 Å². The number of benzene rings is 2. The number of methoxy groups -OCH3 is 4. The molecule has 1 aliphatic heterocycles. The lowest BCUT2D eigenvalue weighted by atomic mass is 9.72. The van der Waals surface area contributed by atoms with Gasteiger partial charge in [0, 0.05) is 17.0 Å². The molecular weight excluding hydrogens is 472 g/mol. The molecule has 0 saturated heterocycles. The molecule has 5 atom stereocenters. The van der Waals surface area contributed by atoms with Crippen molar-refractivity contribution in [3.05, 3.63) is 69.9 Å². The predicted octanol–water partition coefficient (Wildman–Crippen LogP) is 3.20. The molecule has 1 aromatic heterocycles. The first-order valence-electron chi connectivity index (χ1n) is 11.0. The third-order valence-electron chi connectivity index (χ3n) is 7.12. The molecule has 2 aliphatic rings. The molecule has 0 radical (unpaired) electrons. The Morgan fingerprint density at radius 1 is 1.00 bits per heavy atom. The van der Waals surface area contributed by atoms with E-state index in [2.05, 4.69) is 0 Å². The molecule has 8 nitrogen and oxygen atoms in total. The van der Waals surface area contributed by atoms with Crippen molar-refractivity contribution in [2.24, 2.45) is 5.92 Å². The SMILES string of the molecule is COC(=O)[C@H]1[C@@H](O)[C@@]2(O)c3c(OC)cc(OC)cc3O[C@@]2(c2ccc(OC)cc2)[C@@H]1c1cccs1. The maximum Gasteiger partial charge on any atom is 0.312 e. The van der Waals surface area contributed by atoms with Crippen molar-refractivity contribution >= 4 is 17.3 Å². The van der Waals surface area contributed by atoms with Crippen LogP contribution in [-0.4, -0.2) is 50.7 Å². The predicted molar refractivity (Wildman–Crippen MR) is 127 cm³/mol. The molecule has 2 N–H and O–H groups in total. The van der Waals surface area contributed by atoms with Gasteiger partial charge in [0.2, 0.25) is 0 Å². The summed E-state index contributed by atoms with van der Waals surface area (Å²) in [6.07, 6.45) is -1.58.